The summed E-state index contributed by atoms with van der Waals surface area (Å²) in [5, 5.41) is 4.15. The van der Waals surface area contributed by atoms with E-state index < -0.39 is 18.6 Å². The molecule has 0 unspecified atom stereocenters. The summed E-state index contributed by atoms with van der Waals surface area (Å²) >= 11 is 0. The maximum Gasteiger partial charge on any atom is 0.406 e. The third-order valence-corrected chi connectivity index (χ3v) is 3.68. The average molecular weight is 339 g/mol. The van der Waals surface area contributed by atoms with Crippen LogP contribution in [0.15, 0.2) is 36.5 Å². The first-order valence-electron chi connectivity index (χ1n) is 7.79. The molecule has 1 aromatic heterocycles. The number of rotatable bonds is 6. The Morgan fingerprint density at radius 3 is 2.50 bits per heavy atom. The second kappa shape index (κ2) is 7.51. The maximum absolute atomic E-state index is 12.8. The van der Waals surface area contributed by atoms with Gasteiger partial charge in [0.15, 0.2) is 0 Å². The molecule has 130 valence electrons. The van der Waals surface area contributed by atoms with Gasteiger partial charge in [-0.3, -0.25) is 4.79 Å². The van der Waals surface area contributed by atoms with Gasteiger partial charge in [-0.1, -0.05) is 31.5 Å². The van der Waals surface area contributed by atoms with Crippen molar-refractivity contribution in [2.45, 2.75) is 32.9 Å². The maximum atomic E-state index is 12.8. The lowest BCUT2D eigenvalue weighted by Gasteiger charge is -2.23. The van der Waals surface area contributed by atoms with Crippen LogP contribution in [0.2, 0.25) is 0 Å². The lowest BCUT2D eigenvalue weighted by molar-refractivity contribution is -0.140. The minimum absolute atomic E-state index is 0.0742. The van der Waals surface area contributed by atoms with Gasteiger partial charge in [0.1, 0.15) is 6.54 Å². The van der Waals surface area contributed by atoms with Gasteiger partial charge in [0.25, 0.3) is 5.91 Å². The van der Waals surface area contributed by atoms with Gasteiger partial charge >= 0.3 is 6.18 Å². The Balaban J connectivity index is 2.28. The van der Waals surface area contributed by atoms with Crippen LogP contribution in [0.5, 0.6) is 0 Å². The van der Waals surface area contributed by atoms with E-state index in [-0.39, 0.29) is 12.1 Å². The van der Waals surface area contributed by atoms with Gasteiger partial charge in [0.2, 0.25) is 0 Å². The number of aromatic nitrogens is 2. The van der Waals surface area contributed by atoms with Crippen molar-refractivity contribution < 1.29 is 18.0 Å². The number of carbonyl (C=O) groups excluding carboxylic acids is 1. The van der Waals surface area contributed by atoms with E-state index in [1.165, 1.54) is 6.20 Å². The molecular formula is C17H20F3N3O. The Morgan fingerprint density at radius 1 is 1.25 bits per heavy atom. The Bertz CT molecular complexity index is 680. The fourth-order valence-corrected chi connectivity index (χ4v) is 2.44. The molecule has 0 radical (unpaired) electrons. The first kappa shape index (κ1) is 18.0. The van der Waals surface area contributed by atoms with E-state index in [0.29, 0.717) is 18.5 Å². The van der Waals surface area contributed by atoms with Crippen LogP contribution in [0.25, 0.3) is 5.69 Å². The summed E-state index contributed by atoms with van der Waals surface area (Å²) in [6.45, 7) is 2.38. The molecule has 1 amide bonds. The molecule has 0 fully saturated rings. The van der Waals surface area contributed by atoms with Crippen molar-refractivity contribution in [3.8, 4) is 5.69 Å². The van der Waals surface area contributed by atoms with Gasteiger partial charge in [-0.2, -0.15) is 18.3 Å². The van der Waals surface area contributed by atoms with E-state index in [0.717, 1.165) is 10.6 Å². The third-order valence-electron chi connectivity index (χ3n) is 3.68. The SMILES string of the molecule is CCCCN(CC(F)(F)F)C(=O)c1cnn(-c2ccccc2)c1C. The summed E-state index contributed by atoms with van der Waals surface area (Å²) < 4.78 is 39.8. The van der Waals surface area contributed by atoms with Crippen molar-refractivity contribution in [2.24, 2.45) is 0 Å². The van der Waals surface area contributed by atoms with E-state index in [1.54, 1.807) is 11.6 Å². The predicted molar refractivity (Wildman–Crippen MR) is 85.2 cm³/mol. The molecular weight excluding hydrogens is 319 g/mol. The molecule has 7 heteroatoms. The Kier molecular flexibility index (Phi) is 5.64. The quantitative estimate of drug-likeness (QED) is 0.798. The number of hydrogen-bond acceptors (Lipinski definition) is 2. The van der Waals surface area contributed by atoms with Crippen LogP contribution in [0.3, 0.4) is 0 Å². The predicted octanol–water partition coefficient (Wildman–Crippen LogP) is 3.99. The van der Waals surface area contributed by atoms with Crippen LogP contribution in [0.1, 0.15) is 35.8 Å². The number of unbranched alkanes of at least 4 members (excludes halogenated alkanes) is 1. The van der Waals surface area contributed by atoms with Crippen LogP contribution in [0, 0.1) is 6.92 Å². The van der Waals surface area contributed by atoms with Crippen molar-refractivity contribution in [2.75, 3.05) is 13.1 Å². The lowest BCUT2D eigenvalue weighted by Crippen LogP contribution is -2.39. The summed E-state index contributed by atoms with van der Waals surface area (Å²) in [6, 6.07) is 9.15. The number of alkyl halides is 3. The van der Waals surface area contributed by atoms with Crippen molar-refractivity contribution in [1.29, 1.82) is 0 Å². The Hall–Kier alpha value is -2.31. The van der Waals surface area contributed by atoms with E-state index in [9.17, 15) is 18.0 Å². The first-order chi connectivity index (χ1) is 11.3. The topological polar surface area (TPSA) is 38.1 Å². The molecule has 0 aliphatic heterocycles. The largest absolute Gasteiger partial charge is 0.406 e. The van der Waals surface area contributed by atoms with E-state index in [4.69, 9.17) is 0 Å². The molecule has 0 N–H and O–H groups in total. The van der Waals surface area contributed by atoms with Gasteiger partial charge in [0.05, 0.1) is 23.1 Å². The second-order valence-corrected chi connectivity index (χ2v) is 5.59. The molecule has 0 aliphatic carbocycles. The molecule has 1 aromatic carbocycles. The zero-order valence-electron chi connectivity index (χ0n) is 13.7. The van der Waals surface area contributed by atoms with Crippen LogP contribution in [-0.4, -0.2) is 39.9 Å². The number of benzene rings is 1. The number of para-hydroxylation sites is 1. The fourth-order valence-electron chi connectivity index (χ4n) is 2.44. The molecule has 2 aromatic rings. The van der Waals surface area contributed by atoms with Gasteiger partial charge in [-0.15, -0.1) is 0 Å². The van der Waals surface area contributed by atoms with E-state index in [2.05, 4.69) is 5.10 Å². The van der Waals surface area contributed by atoms with Crippen LogP contribution in [0.4, 0.5) is 13.2 Å². The molecule has 4 nitrogen and oxygen atoms in total. The number of amides is 1. The van der Waals surface area contributed by atoms with E-state index >= 15 is 0 Å². The van der Waals surface area contributed by atoms with Gasteiger partial charge < -0.3 is 4.90 Å². The molecule has 0 saturated carbocycles. The molecule has 0 spiro atoms. The zero-order chi connectivity index (χ0) is 17.7. The summed E-state index contributed by atoms with van der Waals surface area (Å²) in [7, 11) is 0. The molecule has 0 atom stereocenters. The Labute approximate surface area is 138 Å². The minimum Gasteiger partial charge on any atom is -0.329 e. The highest BCUT2D eigenvalue weighted by atomic mass is 19.4. The van der Waals surface area contributed by atoms with Crippen molar-refractivity contribution in [3.63, 3.8) is 0 Å². The highest BCUT2D eigenvalue weighted by Gasteiger charge is 2.34. The normalized spacial score (nSPS) is 11.5. The minimum atomic E-state index is -4.42. The first-order valence-corrected chi connectivity index (χ1v) is 7.79. The summed E-state index contributed by atoms with van der Waals surface area (Å²) in [4.78, 5) is 13.4. The average Bonchev–Trinajstić information content (AvgIpc) is 2.92. The molecule has 24 heavy (non-hydrogen) atoms. The summed E-state index contributed by atoms with van der Waals surface area (Å²) in [5.41, 5.74) is 1.47. The molecule has 0 bridgehead atoms. The van der Waals surface area contributed by atoms with Gasteiger partial charge in [-0.25, -0.2) is 4.68 Å². The summed E-state index contributed by atoms with van der Waals surface area (Å²) in [5.74, 6) is -0.638. The monoisotopic (exact) mass is 339 g/mol. The third kappa shape index (κ3) is 4.37. The van der Waals surface area contributed by atoms with Crippen LogP contribution >= 0.6 is 0 Å². The second-order valence-electron chi connectivity index (χ2n) is 5.59. The van der Waals surface area contributed by atoms with Gasteiger partial charge in [0, 0.05) is 6.54 Å². The Morgan fingerprint density at radius 2 is 1.92 bits per heavy atom. The van der Waals surface area contributed by atoms with Crippen molar-refractivity contribution in [1.82, 2.24) is 14.7 Å². The van der Waals surface area contributed by atoms with Crippen LogP contribution < -0.4 is 0 Å². The number of hydrogen-bond donors (Lipinski definition) is 0. The standard InChI is InChI=1S/C17H20F3N3O/c1-3-4-10-22(12-17(18,19)20)16(24)15-11-21-23(13(15)2)14-8-6-5-7-9-14/h5-9,11H,3-4,10,12H2,1-2H3. The van der Waals surface area contributed by atoms with Crippen molar-refractivity contribution >= 4 is 5.91 Å². The zero-order valence-corrected chi connectivity index (χ0v) is 13.7. The number of halogens is 3. The molecule has 0 aliphatic rings. The molecule has 0 saturated heterocycles. The van der Waals surface area contributed by atoms with E-state index in [1.807, 2.05) is 37.3 Å². The highest BCUT2D eigenvalue weighted by molar-refractivity contribution is 5.95. The van der Waals surface area contributed by atoms with Gasteiger partial charge in [-0.05, 0) is 25.5 Å². The number of nitrogens with zero attached hydrogens (tertiary/aromatic N) is 3. The highest BCUT2D eigenvalue weighted by Crippen LogP contribution is 2.21. The number of carbonyl (C=O) groups is 1. The summed E-state index contributed by atoms with van der Waals surface area (Å²) in [6.07, 6.45) is -1.86. The molecule has 2 rings (SSSR count). The fraction of sp³-hybridized carbons (Fsp3) is 0.412. The smallest absolute Gasteiger partial charge is 0.329 e. The molecule has 1 heterocycles. The van der Waals surface area contributed by atoms with Crippen LogP contribution in [-0.2, 0) is 0 Å². The lowest BCUT2D eigenvalue weighted by atomic mass is 10.2. The van der Waals surface area contributed by atoms with Crippen molar-refractivity contribution in [3.05, 3.63) is 47.8 Å².